The molecule has 0 aliphatic rings. The fourth-order valence-electron chi connectivity index (χ4n) is 1.23. The number of likely N-dealkylation sites (N-methyl/N-ethyl adjacent to an activating group) is 1. The molecule has 0 radical (unpaired) electrons. The van der Waals surface area contributed by atoms with Crippen molar-refractivity contribution in [2.75, 3.05) is 13.1 Å². The van der Waals surface area contributed by atoms with Crippen molar-refractivity contribution in [3.8, 4) is 0 Å². The van der Waals surface area contributed by atoms with Gasteiger partial charge in [0.2, 0.25) is 0 Å². The molecule has 0 saturated carbocycles. The van der Waals surface area contributed by atoms with Gasteiger partial charge in [0.15, 0.2) is 10.9 Å². The van der Waals surface area contributed by atoms with E-state index in [-0.39, 0.29) is 24.0 Å². The van der Waals surface area contributed by atoms with Gasteiger partial charge in [0, 0.05) is 19.8 Å². The Kier molecular flexibility index (Phi) is 4.07. The van der Waals surface area contributed by atoms with Gasteiger partial charge in [-0.1, -0.05) is 12.1 Å². The number of aromatic nitrogens is 2. The SMILES string of the molecule is CCN(CC(N)=NO)S(=O)(=O)c1cn(C)cn1. The van der Waals surface area contributed by atoms with Gasteiger partial charge >= 0.3 is 0 Å². The molecule has 1 heterocycles. The third-order valence-electron chi connectivity index (χ3n) is 2.10. The zero-order valence-corrected chi connectivity index (χ0v) is 10.4. The lowest BCUT2D eigenvalue weighted by Crippen LogP contribution is -2.38. The second kappa shape index (κ2) is 5.15. The summed E-state index contributed by atoms with van der Waals surface area (Å²) in [5.41, 5.74) is 5.30. The van der Waals surface area contributed by atoms with Crippen molar-refractivity contribution < 1.29 is 13.6 Å². The van der Waals surface area contributed by atoms with Crippen LogP contribution in [0.15, 0.2) is 22.7 Å². The molecular formula is C8H15N5O3S. The second-order valence-electron chi connectivity index (χ2n) is 3.40. The van der Waals surface area contributed by atoms with E-state index in [0.717, 1.165) is 4.31 Å². The van der Waals surface area contributed by atoms with Crippen molar-refractivity contribution in [3.63, 3.8) is 0 Å². The van der Waals surface area contributed by atoms with Crippen LogP contribution in [0.1, 0.15) is 6.92 Å². The summed E-state index contributed by atoms with van der Waals surface area (Å²) in [7, 11) is -2.03. The quantitative estimate of drug-likeness (QED) is 0.311. The van der Waals surface area contributed by atoms with Gasteiger partial charge in [0.1, 0.15) is 0 Å². The molecule has 17 heavy (non-hydrogen) atoms. The Hall–Kier alpha value is -1.61. The lowest BCUT2D eigenvalue weighted by atomic mass is 10.6. The minimum absolute atomic E-state index is 0.0624. The Labute approximate surface area is 99.4 Å². The predicted octanol–water partition coefficient (Wildman–Crippen LogP) is -0.823. The lowest BCUT2D eigenvalue weighted by Gasteiger charge is -2.17. The van der Waals surface area contributed by atoms with E-state index in [1.54, 1.807) is 14.0 Å². The topological polar surface area (TPSA) is 114 Å². The van der Waals surface area contributed by atoms with Crippen LogP contribution in [0.25, 0.3) is 0 Å². The molecule has 0 spiro atoms. The zero-order chi connectivity index (χ0) is 13.1. The molecule has 8 nitrogen and oxygen atoms in total. The van der Waals surface area contributed by atoms with Crippen LogP contribution in [-0.2, 0) is 17.1 Å². The summed E-state index contributed by atoms with van der Waals surface area (Å²) in [6.07, 6.45) is 2.79. The molecule has 0 amide bonds. The Morgan fingerprint density at radius 3 is 2.76 bits per heavy atom. The van der Waals surface area contributed by atoms with Crippen LogP contribution in [0.5, 0.6) is 0 Å². The fraction of sp³-hybridized carbons (Fsp3) is 0.500. The summed E-state index contributed by atoms with van der Waals surface area (Å²) in [6.45, 7) is 1.69. The largest absolute Gasteiger partial charge is 0.409 e. The number of amidine groups is 1. The molecule has 0 fully saturated rings. The normalized spacial score (nSPS) is 13.2. The van der Waals surface area contributed by atoms with E-state index in [9.17, 15) is 8.42 Å². The standard InChI is InChI=1S/C8H15N5O3S/c1-3-13(4-7(9)11-14)17(15,16)8-5-12(2)6-10-8/h5-6,14H,3-4H2,1-2H3,(H2,9,11). The molecule has 0 saturated heterocycles. The van der Waals surface area contributed by atoms with E-state index in [1.807, 2.05) is 0 Å². The number of sulfonamides is 1. The average molecular weight is 261 g/mol. The molecule has 1 rings (SSSR count). The first kappa shape index (κ1) is 13.5. The van der Waals surface area contributed by atoms with Crippen molar-refractivity contribution in [2.24, 2.45) is 17.9 Å². The maximum atomic E-state index is 12.1. The molecule has 0 aromatic carbocycles. The molecule has 9 heteroatoms. The van der Waals surface area contributed by atoms with Gasteiger partial charge in [-0.3, -0.25) is 0 Å². The fourth-order valence-corrected chi connectivity index (χ4v) is 2.62. The van der Waals surface area contributed by atoms with E-state index >= 15 is 0 Å². The highest BCUT2D eigenvalue weighted by molar-refractivity contribution is 7.89. The first-order valence-electron chi connectivity index (χ1n) is 4.86. The van der Waals surface area contributed by atoms with Gasteiger partial charge in [-0.25, -0.2) is 13.4 Å². The summed E-state index contributed by atoms with van der Waals surface area (Å²) < 4.78 is 26.8. The first-order valence-corrected chi connectivity index (χ1v) is 6.30. The van der Waals surface area contributed by atoms with Crippen molar-refractivity contribution in [2.45, 2.75) is 11.9 Å². The number of rotatable bonds is 5. The van der Waals surface area contributed by atoms with Crippen molar-refractivity contribution >= 4 is 15.9 Å². The van der Waals surface area contributed by atoms with E-state index in [1.165, 1.54) is 17.1 Å². The molecule has 0 atom stereocenters. The summed E-state index contributed by atoms with van der Waals surface area (Å²) in [4.78, 5) is 3.78. The number of hydrogen-bond acceptors (Lipinski definition) is 5. The second-order valence-corrected chi connectivity index (χ2v) is 5.28. The van der Waals surface area contributed by atoms with Crippen molar-refractivity contribution in [1.82, 2.24) is 13.9 Å². The molecule has 1 aromatic heterocycles. The Balaban J connectivity index is 3.02. The Morgan fingerprint density at radius 2 is 2.35 bits per heavy atom. The Bertz CT molecular complexity index is 507. The molecular weight excluding hydrogens is 246 g/mol. The van der Waals surface area contributed by atoms with E-state index < -0.39 is 10.0 Å². The minimum atomic E-state index is -3.71. The first-order chi connectivity index (χ1) is 7.91. The molecule has 0 aliphatic heterocycles. The zero-order valence-electron chi connectivity index (χ0n) is 9.61. The highest BCUT2D eigenvalue weighted by atomic mass is 32.2. The van der Waals surface area contributed by atoms with Crippen molar-refractivity contribution in [3.05, 3.63) is 12.5 Å². The van der Waals surface area contributed by atoms with Gasteiger partial charge in [0.25, 0.3) is 10.0 Å². The minimum Gasteiger partial charge on any atom is -0.409 e. The van der Waals surface area contributed by atoms with Crippen LogP contribution in [0.2, 0.25) is 0 Å². The van der Waals surface area contributed by atoms with Gasteiger partial charge < -0.3 is 15.5 Å². The van der Waals surface area contributed by atoms with Gasteiger partial charge in [-0.2, -0.15) is 4.31 Å². The highest BCUT2D eigenvalue weighted by Gasteiger charge is 2.26. The maximum absolute atomic E-state index is 12.1. The summed E-state index contributed by atoms with van der Waals surface area (Å²) in [6, 6.07) is 0. The Morgan fingerprint density at radius 1 is 1.71 bits per heavy atom. The van der Waals surface area contributed by atoms with E-state index in [4.69, 9.17) is 10.9 Å². The molecule has 0 aliphatic carbocycles. The molecule has 96 valence electrons. The van der Waals surface area contributed by atoms with Crippen LogP contribution < -0.4 is 5.73 Å². The van der Waals surface area contributed by atoms with Crippen LogP contribution in [0.3, 0.4) is 0 Å². The average Bonchev–Trinajstić information content (AvgIpc) is 2.72. The third-order valence-corrected chi connectivity index (χ3v) is 3.91. The number of nitrogens with zero attached hydrogens (tertiary/aromatic N) is 4. The number of nitrogens with two attached hydrogens (primary N) is 1. The molecule has 3 N–H and O–H groups in total. The van der Waals surface area contributed by atoms with Crippen LogP contribution in [-0.4, -0.2) is 46.4 Å². The number of aryl methyl sites for hydroxylation is 1. The van der Waals surface area contributed by atoms with E-state index in [2.05, 4.69) is 10.1 Å². The maximum Gasteiger partial charge on any atom is 0.262 e. The van der Waals surface area contributed by atoms with Gasteiger partial charge in [-0.05, 0) is 0 Å². The summed E-state index contributed by atoms with van der Waals surface area (Å²) in [5, 5.41) is 11.1. The van der Waals surface area contributed by atoms with Gasteiger partial charge in [0.05, 0.1) is 12.9 Å². The van der Waals surface area contributed by atoms with E-state index in [0.29, 0.717) is 0 Å². The molecule has 0 unspecified atom stereocenters. The highest BCUT2D eigenvalue weighted by Crippen LogP contribution is 2.12. The predicted molar refractivity (Wildman–Crippen MR) is 61.0 cm³/mol. The number of imidazole rings is 1. The third kappa shape index (κ3) is 2.94. The van der Waals surface area contributed by atoms with Crippen molar-refractivity contribution in [1.29, 1.82) is 0 Å². The lowest BCUT2D eigenvalue weighted by molar-refractivity contribution is 0.315. The van der Waals surface area contributed by atoms with Crippen LogP contribution >= 0.6 is 0 Å². The molecule has 0 bridgehead atoms. The van der Waals surface area contributed by atoms with Crippen LogP contribution in [0, 0.1) is 0 Å². The summed E-state index contributed by atoms with van der Waals surface area (Å²) in [5.74, 6) is -0.175. The van der Waals surface area contributed by atoms with Crippen LogP contribution in [0.4, 0.5) is 0 Å². The number of hydrogen-bond donors (Lipinski definition) is 2. The summed E-state index contributed by atoms with van der Waals surface area (Å²) >= 11 is 0. The molecule has 1 aromatic rings. The smallest absolute Gasteiger partial charge is 0.262 e. The number of oxime groups is 1. The van der Waals surface area contributed by atoms with Gasteiger partial charge in [-0.15, -0.1) is 0 Å². The monoisotopic (exact) mass is 261 g/mol.